The van der Waals surface area contributed by atoms with Gasteiger partial charge in [0.05, 0.1) is 5.69 Å². The Kier molecular flexibility index (Phi) is 4.46. The topological polar surface area (TPSA) is 24.9 Å². The minimum absolute atomic E-state index is 0.722. The summed E-state index contributed by atoms with van der Waals surface area (Å²) in [7, 11) is 0. The minimum atomic E-state index is 0.722. The molecule has 1 heterocycles. The van der Waals surface area contributed by atoms with Crippen LogP contribution < -0.4 is 5.32 Å². The summed E-state index contributed by atoms with van der Waals surface area (Å²) in [6.07, 6.45) is 1.05. The number of rotatable bonds is 4. The Bertz CT molecular complexity index is 778. The predicted molar refractivity (Wildman–Crippen MR) is 96.4 cm³/mol. The van der Waals surface area contributed by atoms with E-state index in [1.807, 2.05) is 18.2 Å². The molecule has 3 rings (SSSR count). The maximum absolute atomic E-state index is 6.06. The molecule has 2 aromatic carbocycles. The van der Waals surface area contributed by atoms with Gasteiger partial charge in [-0.1, -0.05) is 48.9 Å². The number of hydrogen-bond donors (Lipinski definition) is 1. The minimum Gasteiger partial charge on any atom is -0.331 e. The molecule has 0 unspecified atom stereocenters. The fourth-order valence-corrected chi connectivity index (χ4v) is 3.12. The molecule has 2 nitrogen and oxygen atoms in total. The molecule has 0 saturated heterocycles. The summed E-state index contributed by atoms with van der Waals surface area (Å²) >= 11 is 7.65. The van der Waals surface area contributed by atoms with Crippen molar-refractivity contribution in [1.82, 2.24) is 4.98 Å². The van der Waals surface area contributed by atoms with E-state index in [1.54, 1.807) is 11.3 Å². The molecule has 0 saturated carbocycles. The Morgan fingerprint density at radius 1 is 1.14 bits per heavy atom. The molecular weight excluding hydrogens is 312 g/mol. The van der Waals surface area contributed by atoms with Crippen LogP contribution in [0.3, 0.4) is 0 Å². The summed E-state index contributed by atoms with van der Waals surface area (Å²) in [6.45, 7) is 4.21. The van der Waals surface area contributed by atoms with E-state index in [2.05, 4.69) is 53.8 Å². The summed E-state index contributed by atoms with van der Waals surface area (Å²) < 4.78 is 0. The second-order valence-electron chi connectivity index (χ2n) is 5.17. The molecule has 0 amide bonds. The van der Waals surface area contributed by atoms with Gasteiger partial charge in [0.15, 0.2) is 5.13 Å². The number of benzene rings is 2. The Morgan fingerprint density at radius 2 is 1.91 bits per heavy atom. The van der Waals surface area contributed by atoms with Crippen LogP contribution in [0.15, 0.2) is 47.8 Å². The van der Waals surface area contributed by atoms with Gasteiger partial charge in [-0.2, -0.15) is 0 Å². The van der Waals surface area contributed by atoms with Gasteiger partial charge in [0.25, 0.3) is 0 Å². The van der Waals surface area contributed by atoms with Crippen LogP contribution in [0.5, 0.6) is 0 Å². The Hall–Kier alpha value is -1.84. The van der Waals surface area contributed by atoms with Crippen molar-refractivity contribution in [3.8, 4) is 11.3 Å². The van der Waals surface area contributed by atoms with Crippen molar-refractivity contribution < 1.29 is 0 Å². The highest BCUT2D eigenvalue weighted by atomic mass is 35.5. The monoisotopic (exact) mass is 328 g/mol. The van der Waals surface area contributed by atoms with Crippen LogP contribution in [0, 0.1) is 6.92 Å². The lowest BCUT2D eigenvalue weighted by molar-refractivity contribution is 1.14. The maximum Gasteiger partial charge on any atom is 0.187 e. The normalized spacial score (nSPS) is 10.7. The molecule has 0 radical (unpaired) electrons. The quantitative estimate of drug-likeness (QED) is 0.628. The molecule has 0 aliphatic rings. The molecule has 1 aromatic heterocycles. The standard InChI is InChI=1S/C18H17ClN2S/c1-3-13-5-7-14(8-6-13)17-11-22-18(21-17)20-16-10-15(19)9-4-12(16)2/h4-11H,3H2,1-2H3,(H,20,21). The molecule has 0 fully saturated rings. The number of thiazole rings is 1. The number of nitrogens with zero attached hydrogens (tertiary/aromatic N) is 1. The fraction of sp³-hybridized carbons (Fsp3) is 0.167. The first-order chi connectivity index (χ1) is 10.7. The van der Waals surface area contributed by atoms with E-state index in [-0.39, 0.29) is 0 Å². The average Bonchev–Trinajstić information content (AvgIpc) is 2.99. The first-order valence-electron chi connectivity index (χ1n) is 7.23. The van der Waals surface area contributed by atoms with Crippen LogP contribution >= 0.6 is 22.9 Å². The van der Waals surface area contributed by atoms with Gasteiger partial charge in [-0.25, -0.2) is 4.98 Å². The zero-order chi connectivity index (χ0) is 15.5. The lowest BCUT2D eigenvalue weighted by Crippen LogP contribution is -1.92. The van der Waals surface area contributed by atoms with Crippen molar-refractivity contribution in [2.75, 3.05) is 5.32 Å². The molecule has 112 valence electrons. The van der Waals surface area contributed by atoms with Crippen LogP contribution in [0.4, 0.5) is 10.8 Å². The molecule has 0 aliphatic carbocycles. The fourth-order valence-electron chi connectivity index (χ4n) is 2.22. The largest absolute Gasteiger partial charge is 0.331 e. The molecule has 3 aromatic rings. The van der Waals surface area contributed by atoms with Crippen molar-refractivity contribution in [3.63, 3.8) is 0 Å². The van der Waals surface area contributed by atoms with Gasteiger partial charge < -0.3 is 5.32 Å². The second-order valence-corrected chi connectivity index (χ2v) is 6.47. The SMILES string of the molecule is CCc1ccc(-c2csc(Nc3cc(Cl)ccc3C)n2)cc1. The number of nitrogens with one attached hydrogen (secondary N) is 1. The van der Waals surface area contributed by atoms with E-state index in [0.717, 1.165) is 39.1 Å². The van der Waals surface area contributed by atoms with Crippen LogP contribution in [0.25, 0.3) is 11.3 Å². The lowest BCUT2D eigenvalue weighted by atomic mass is 10.1. The van der Waals surface area contributed by atoms with Gasteiger partial charge in [-0.3, -0.25) is 0 Å². The van der Waals surface area contributed by atoms with Crippen LogP contribution in [0.2, 0.25) is 5.02 Å². The highest BCUT2D eigenvalue weighted by Crippen LogP contribution is 2.29. The van der Waals surface area contributed by atoms with E-state index in [1.165, 1.54) is 5.56 Å². The first-order valence-corrected chi connectivity index (χ1v) is 8.49. The summed E-state index contributed by atoms with van der Waals surface area (Å²) in [4.78, 5) is 4.67. The molecular formula is C18H17ClN2S. The van der Waals surface area contributed by atoms with Crippen molar-refractivity contribution in [3.05, 3.63) is 64.0 Å². The third kappa shape index (κ3) is 3.32. The molecule has 22 heavy (non-hydrogen) atoms. The van der Waals surface area contributed by atoms with Gasteiger partial charge in [-0.15, -0.1) is 11.3 Å². The molecule has 0 aliphatic heterocycles. The zero-order valence-electron chi connectivity index (χ0n) is 12.6. The van der Waals surface area contributed by atoms with E-state index in [4.69, 9.17) is 11.6 Å². The number of hydrogen-bond acceptors (Lipinski definition) is 3. The zero-order valence-corrected chi connectivity index (χ0v) is 14.1. The summed E-state index contributed by atoms with van der Waals surface area (Å²) in [5, 5.41) is 7.02. The van der Waals surface area contributed by atoms with Gasteiger partial charge in [0.2, 0.25) is 0 Å². The maximum atomic E-state index is 6.06. The van der Waals surface area contributed by atoms with Crippen molar-refractivity contribution in [2.45, 2.75) is 20.3 Å². The van der Waals surface area contributed by atoms with E-state index >= 15 is 0 Å². The summed E-state index contributed by atoms with van der Waals surface area (Å²) in [5.41, 5.74) is 5.62. The van der Waals surface area contributed by atoms with Gasteiger partial charge in [0, 0.05) is 21.7 Å². The number of anilines is 2. The number of halogens is 1. The molecule has 4 heteroatoms. The molecule has 0 atom stereocenters. The molecule has 1 N–H and O–H groups in total. The van der Waals surface area contributed by atoms with Crippen LogP contribution in [-0.2, 0) is 6.42 Å². The van der Waals surface area contributed by atoms with Crippen molar-refractivity contribution >= 4 is 33.8 Å². The van der Waals surface area contributed by atoms with Crippen LogP contribution in [0.1, 0.15) is 18.1 Å². The number of aryl methyl sites for hydroxylation is 2. The van der Waals surface area contributed by atoms with E-state index in [0.29, 0.717) is 0 Å². The molecule has 0 bridgehead atoms. The van der Waals surface area contributed by atoms with Crippen LogP contribution in [-0.4, -0.2) is 4.98 Å². The second kappa shape index (κ2) is 6.51. The Balaban J connectivity index is 1.82. The van der Waals surface area contributed by atoms with Crippen molar-refractivity contribution in [2.24, 2.45) is 0 Å². The predicted octanol–water partition coefficient (Wildman–Crippen LogP) is 6.08. The van der Waals surface area contributed by atoms with Gasteiger partial charge in [0.1, 0.15) is 0 Å². The summed E-state index contributed by atoms with van der Waals surface area (Å²) in [5.74, 6) is 0. The first kappa shape index (κ1) is 15.1. The van der Waals surface area contributed by atoms with Gasteiger partial charge >= 0.3 is 0 Å². The van der Waals surface area contributed by atoms with Gasteiger partial charge in [-0.05, 0) is 36.6 Å². The van der Waals surface area contributed by atoms with E-state index in [9.17, 15) is 0 Å². The smallest absolute Gasteiger partial charge is 0.187 e. The van der Waals surface area contributed by atoms with E-state index < -0.39 is 0 Å². The summed E-state index contributed by atoms with van der Waals surface area (Å²) in [6, 6.07) is 14.4. The Labute approximate surface area is 139 Å². The van der Waals surface area contributed by atoms with Crippen molar-refractivity contribution in [1.29, 1.82) is 0 Å². The Morgan fingerprint density at radius 3 is 2.64 bits per heavy atom. The average molecular weight is 329 g/mol. The molecule has 0 spiro atoms. The highest BCUT2D eigenvalue weighted by molar-refractivity contribution is 7.14. The number of aromatic nitrogens is 1. The highest BCUT2D eigenvalue weighted by Gasteiger charge is 2.06. The lowest BCUT2D eigenvalue weighted by Gasteiger charge is -2.06. The third-order valence-electron chi connectivity index (χ3n) is 3.60. The third-order valence-corrected chi connectivity index (χ3v) is 4.60.